The summed E-state index contributed by atoms with van der Waals surface area (Å²) in [7, 11) is 0. The topological polar surface area (TPSA) is 8.17 Å². The van der Waals surface area contributed by atoms with E-state index in [1.807, 2.05) is 0 Å². The predicted molar refractivity (Wildman–Crippen MR) is 153 cm³/mol. The Morgan fingerprint density at radius 3 is 1.72 bits per heavy atom. The molecule has 0 aliphatic rings. The van der Waals surface area contributed by atoms with Gasteiger partial charge in [0.1, 0.15) is 0 Å². The van der Waals surface area contributed by atoms with E-state index in [0.29, 0.717) is 0 Å². The molecule has 0 spiro atoms. The number of benzene rings is 6. The van der Waals surface area contributed by atoms with Crippen LogP contribution >= 0.6 is 0 Å². The molecule has 0 aliphatic heterocycles. The highest BCUT2D eigenvalue weighted by Gasteiger charge is 2.22. The average molecular weight is 461 g/mol. The first-order chi connectivity index (χ1) is 17.9. The molecular formula is C34H24N2. The molecule has 0 atom stereocenters. The molecule has 2 nitrogen and oxygen atoms in total. The molecule has 0 unspecified atom stereocenters. The average Bonchev–Trinajstić information content (AvgIpc) is 3.31. The molecule has 170 valence electrons. The standard InChI is InChI=1S/C34H24N2/c1-4-14-26(15-5-1)35(27-16-6-2-7-17-27)32-22-12-21-30-33-29-20-11-10-13-25(29)23-24-31(33)36(34(30)32)28-18-8-3-9-19-28/h1-24H. The van der Waals surface area contributed by atoms with E-state index in [1.165, 1.54) is 32.6 Å². The molecule has 0 bridgehead atoms. The number of rotatable bonds is 4. The molecule has 0 radical (unpaired) electrons. The number of para-hydroxylation sites is 4. The Bertz CT molecular complexity index is 1780. The minimum Gasteiger partial charge on any atom is -0.308 e. The van der Waals surface area contributed by atoms with Crippen molar-refractivity contribution in [1.29, 1.82) is 0 Å². The molecule has 1 heterocycles. The molecule has 36 heavy (non-hydrogen) atoms. The summed E-state index contributed by atoms with van der Waals surface area (Å²) >= 11 is 0. The van der Waals surface area contributed by atoms with E-state index >= 15 is 0 Å². The van der Waals surface area contributed by atoms with Crippen molar-refractivity contribution >= 4 is 49.6 Å². The quantitative estimate of drug-likeness (QED) is 0.254. The maximum Gasteiger partial charge on any atom is 0.0782 e. The second kappa shape index (κ2) is 8.44. The lowest BCUT2D eigenvalue weighted by Crippen LogP contribution is -2.11. The molecule has 0 saturated heterocycles. The van der Waals surface area contributed by atoms with Crippen LogP contribution in [0.1, 0.15) is 0 Å². The molecule has 0 saturated carbocycles. The van der Waals surface area contributed by atoms with E-state index in [-0.39, 0.29) is 0 Å². The van der Waals surface area contributed by atoms with Gasteiger partial charge in [0.2, 0.25) is 0 Å². The van der Waals surface area contributed by atoms with Crippen LogP contribution in [0.3, 0.4) is 0 Å². The highest BCUT2D eigenvalue weighted by Crippen LogP contribution is 2.44. The van der Waals surface area contributed by atoms with Gasteiger partial charge in [-0.2, -0.15) is 0 Å². The largest absolute Gasteiger partial charge is 0.308 e. The van der Waals surface area contributed by atoms with Crippen LogP contribution in [0.15, 0.2) is 146 Å². The maximum atomic E-state index is 2.42. The van der Waals surface area contributed by atoms with Gasteiger partial charge >= 0.3 is 0 Å². The number of nitrogens with zero attached hydrogens (tertiary/aromatic N) is 2. The number of aromatic nitrogens is 1. The van der Waals surface area contributed by atoms with Crippen molar-refractivity contribution in [2.75, 3.05) is 4.90 Å². The molecule has 0 fully saturated rings. The van der Waals surface area contributed by atoms with Crippen LogP contribution < -0.4 is 4.90 Å². The van der Waals surface area contributed by atoms with Gasteiger partial charge in [0, 0.05) is 27.8 Å². The normalized spacial score (nSPS) is 11.3. The molecule has 0 amide bonds. The van der Waals surface area contributed by atoms with Gasteiger partial charge in [0.25, 0.3) is 0 Å². The van der Waals surface area contributed by atoms with E-state index in [9.17, 15) is 0 Å². The number of fused-ring (bicyclic) bond motifs is 5. The Morgan fingerprint density at radius 1 is 0.444 bits per heavy atom. The highest BCUT2D eigenvalue weighted by molar-refractivity contribution is 6.23. The Morgan fingerprint density at radius 2 is 1.03 bits per heavy atom. The van der Waals surface area contributed by atoms with E-state index in [1.54, 1.807) is 0 Å². The van der Waals surface area contributed by atoms with Crippen LogP contribution in [-0.4, -0.2) is 4.57 Å². The highest BCUT2D eigenvalue weighted by atomic mass is 15.2. The van der Waals surface area contributed by atoms with Crippen molar-refractivity contribution in [3.05, 3.63) is 146 Å². The third-order valence-corrected chi connectivity index (χ3v) is 6.94. The second-order valence-electron chi connectivity index (χ2n) is 9.03. The van der Waals surface area contributed by atoms with Crippen molar-refractivity contribution in [1.82, 2.24) is 4.57 Å². The van der Waals surface area contributed by atoms with Crippen LogP contribution in [0.2, 0.25) is 0 Å². The van der Waals surface area contributed by atoms with Gasteiger partial charge in [-0.05, 0) is 59.3 Å². The molecule has 1 aromatic heterocycles. The lowest BCUT2D eigenvalue weighted by Gasteiger charge is -2.27. The smallest absolute Gasteiger partial charge is 0.0782 e. The lowest BCUT2D eigenvalue weighted by atomic mass is 10.0. The Labute approximate surface area is 210 Å². The van der Waals surface area contributed by atoms with Crippen LogP contribution in [-0.2, 0) is 0 Å². The van der Waals surface area contributed by atoms with Gasteiger partial charge in [0.15, 0.2) is 0 Å². The van der Waals surface area contributed by atoms with Gasteiger partial charge < -0.3 is 9.47 Å². The van der Waals surface area contributed by atoms with Crippen molar-refractivity contribution in [3.63, 3.8) is 0 Å². The van der Waals surface area contributed by atoms with E-state index < -0.39 is 0 Å². The predicted octanol–water partition coefficient (Wildman–Crippen LogP) is 9.41. The maximum absolute atomic E-state index is 2.42. The SMILES string of the molecule is c1ccc(N(c2ccccc2)c2cccc3c4c5ccccc5ccc4n(-c4ccccc4)c23)cc1. The summed E-state index contributed by atoms with van der Waals surface area (Å²) in [5, 5.41) is 5.07. The summed E-state index contributed by atoms with van der Waals surface area (Å²) in [6.45, 7) is 0. The zero-order valence-corrected chi connectivity index (χ0v) is 19.8. The fourth-order valence-electron chi connectivity index (χ4n) is 5.43. The van der Waals surface area contributed by atoms with Gasteiger partial charge in [-0.25, -0.2) is 0 Å². The van der Waals surface area contributed by atoms with Crippen molar-refractivity contribution in [2.45, 2.75) is 0 Å². The molecule has 0 aliphatic carbocycles. The number of hydrogen-bond acceptors (Lipinski definition) is 1. The second-order valence-corrected chi connectivity index (χ2v) is 9.03. The first-order valence-electron chi connectivity index (χ1n) is 12.3. The molecule has 6 aromatic carbocycles. The Balaban J connectivity index is 1.67. The zero-order chi connectivity index (χ0) is 23.9. The lowest BCUT2D eigenvalue weighted by molar-refractivity contribution is 1.17. The van der Waals surface area contributed by atoms with Crippen LogP contribution in [0.25, 0.3) is 38.3 Å². The summed E-state index contributed by atoms with van der Waals surface area (Å²) < 4.78 is 2.42. The summed E-state index contributed by atoms with van der Waals surface area (Å²) in [6, 6.07) is 51.8. The third-order valence-electron chi connectivity index (χ3n) is 6.94. The van der Waals surface area contributed by atoms with Gasteiger partial charge in [0.05, 0.1) is 16.7 Å². The molecule has 7 aromatic rings. The first kappa shape index (κ1) is 20.5. The third kappa shape index (κ3) is 3.19. The van der Waals surface area contributed by atoms with E-state index in [2.05, 4.69) is 155 Å². The Hall–Kier alpha value is -4.82. The fourth-order valence-corrected chi connectivity index (χ4v) is 5.43. The van der Waals surface area contributed by atoms with Crippen LogP contribution in [0.4, 0.5) is 17.1 Å². The molecule has 0 N–H and O–H groups in total. The van der Waals surface area contributed by atoms with Gasteiger partial charge in [-0.15, -0.1) is 0 Å². The van der Waals surface area contributed by atoms with E-state index in [4.69, 9.17) is 0 Å². The number of hydrogen-bond donors (Lipinski definition) is 0. The number of anilines is 3. The summed E-state index contributed by atoms with van der Waals surface area (Å²) in [4.78, 5) is 2.36. The molecule has 7 rings (SSSR count). The van der Waals surface area contributed by atoms with Crippen LogP contribution in [0, 0.1) is 0 Å². The van der Waals surface area contributed by atoms with Crippen LogP contribution in [0.5, 0.6) is 0 Å². The Kier molecular flexibility index (Phi) is 4.82. The minimum absolute atomic E-state index is 1.13. The minimum atomic E-state index is 1.13. The zero-order valence-electron chi connectivity index (χ0n) is 19.8. The summed E-state index contributed by atoms with van der Waals surface area (Å²) in [5.74, 6) is 0. The van der Waals surface area contributed by atoms with Gasteiger partial charge in [-0.3, -0.25) is 0 Å². The molecule has 2 heteroatoms. The van der Waals surface area contributed by atoms with E-state index in [0.717, 1.165) is 22.7 Å². The van der Waals surface area contributed by atoms with Gasteiger partial charge in [-0.1, -0.05) is 97.1 Å². The monoisotopic (exact) mass is 460 g/mol. The first-order valence-corrected chi connectivity index (χ1v) is 12.3. The van der Waals surface area contributed by atoms with Crippen molar-refractivity contribution < 1.29 is 0 Å². The van der Waals surface area contributed by atoms with Crippen molar-refractivity contribution in [2.24, 2.45) is 0 Å². The fraction of sp³-hybridized carbons (Fsp3) is 0. The molecular weight excluding hydrogens is 436 g/mol. The van der Waals surface area contributed by atoms with Crippen molar-refractivity contribution in [3.8, 4) is 5.69 Å². The summed E-state index contributed by atoms with van der Waals surface area (Å²) in [5.41, 5.74) is 6.97. The summed E-state index contributed by atoms with van der Waals surface area (Å²) in [6.07, 6.45) is 0.